The normalized spacial score (nSPS) is 16.4. The van der Waals surface area contributed by atoms with E-state index >= 15 is 0 Å². The summed E-state index contributed by atoms with van der Waals surface area (Å²) in [6.07, 6.45) is 5.62. The van der Waals surface area contributed by atoms with Gasteiger partial charge in [-0.05, 0) is 44.0 Å². The van der Waals surface area contributed by atoms with Crippen molar-refractivity contribution < 1.29 is 19.1 Å². The number of furan rings is 1. The lowest BCUT2D eigenvalue weighted by Crippen LogP contribution is -2.44. The minimum Gasteiger partial charge on any atom is -0.481 e. The Kier molecular flexibility index (Phi) is 4.88. The highest BCUT2D eigenvalue weighted by Crippen LogP contribution is 2.36. The summed E-state index contributed by atoms with van der Waals surface area (Å²) in [5, 5.41) is 12.4. The largest absolute Gasteiger partial charge is 0.481 e. The number of aromatic nitrogens is 1. The lowest BCUT2D eigenvalue weighted by Gasteiger charge is -2.33. The highest BCUT2D eigenvalue weighted by molar-refractivity contribution is 5.95. The van der Waals surface area contributed by atoms with E-state index in [1.54, 1.807) is 37.5 Å². The van der Waals surface area contributed by atoms with E-state index in [-0.39, 0.29) is 12.5 Å². The maximum absolute atomic E-state index is 12.5. The molecule has 0 aromatic carbocycles. The number of pyridine rings is 1. The van der Waals surface area contributed by atoms with Crippen LogP contribution in [0.25, 0.3) is 11.5 Å². The Bertz CT molecular complexity index is 762. The van der Waals surface area contributed by atoms with Crippen LogP contribution in [0, 0.1) is 12.3 Å². The number of hydrogen-bond donors (Lipinski definition) is 2. The van der Waals surface area contributed by atoms with E-state index < -0.39 is 11.4 Å². The highest BCUT2D eigenvalue weighted by atomic mass is 16.4. The molecule has 0 bridgehead atoms. The summed E-state index contributed by atoms with van der Waals surface area (Å²) in [4.78, 5) is 28.6. The van der Waals surface area contributed by atoms with Crippen LogP contribution in [-0.4, -0.2) is 28.5 Å². The molecule has 1 saturated carbocycles. The van der Waals surface area contributed by atoms with E-state index in [0.29, 0.717) is 35.6 Å². The van der Waals surface area contributed by atoms with Gasteiger partial charge in [0.15, 0.2) is 5.76 Å². The summed E-state index contributed by atoms with van der Waals surface area (Å²) in [7, 11) is 0. The van der Waals surface area contributed by atoms with Crippen LogP contribution in [0.3, 0.4) is 0 Å². The summed E-state index contributed by atoms with van der Waals surface area (Å²) in [5.74, 6) is -0.472. The topological polar surface area (TPSA) is 92.4 Å². The fourth-order valence-electron chi connectivity index (χ4n) is 3.40. The number of amides is 1. The number of hydrogen-bond acceptors (Lipinski definition) is 4. The van der Waals surface area contributed by atoms with Crippen LogP contribution in [0.1, 0.15) is 48.2 Å². The molecule has 1 amide bonds. The molecule has 0 aliphatic heterocycles. The number of carbonyl (C=O) groups excluding carboxylic acids is 1. The number of aliphatic carboxylic acids is 1. The molecular formula is C19H22N2O4. The quantitative estimate of drug-likeness (QED) is 0.868. The zero-order valence-electron chi connectivity index (χ0n) is 14.2. The van der Waals surface area contributed by atoms with Gasteiger partial charge in [0.25, 0.3) is 5.91 Å². The lowest BCUT2D eigenvalue weighted by molar-refractivity contribution is -0.150. The molecule has 0 spiro atoms. The zero-order valence-corrected chi connectivity index (χ0v) is 14.2. The van der Waals surface area contributed by atoms with Gasteiger partial charge in [0.2, 0.25) is 0 Å². The number of aryl methyl sites for hydroxylation is 1. The molecule has 1 aliphatic rings. The first-order valence-electron chi connectivity index (χ1n) is 8.55. The van der Waals surface area contributed by atoms with Crippen LogP contribution in [0.15, 0.2) is 34.9 Å². The Morgan fingerprint density at radius 3 is 2.60 bits per heavy atom. The van der Waals surface area contributed by atoms with Gasteiger partial charge in [-0.25, -0.2) is 4.98 Å². The van der Waals surface area contributed by atoms with Crippen molar-refractivity contribution in [3.05, 3.63) is 41.8 Å². The minimum atomic E-state index is -0.844. The first-order valence-corrected chi connectivity index (χ1v) is 8.55. The van der Waals surface area contributed by atoms with Crippen LogP contribution in [0.2, 0.25) is 0 Å². The molecule has 6 heteroatoms. The van der Waals surface area contributed by atoms with Gasteiger partial charge < -0.3 is 14.8 Å². The molecule has 3 rings (SSSR count). The summed E-state index contributed by atoms with van der Waals surface area (Å²) in [6.45, 7) is 1.91. The van der Waals surface area contributed by atoms with E-state index in [4.69, 9.17) is 4.42 Å². The van der Waals surface area contributed by atoms with E-state index in [0.717, 1.165) is 19.3 Å². The molecule has 2 aromatic rings. The maximum Gasteiger partial charge on any atom is 0.311 e. The van der Waals surface area contributed by atoms with Crippen molar-refractivity contribution in [2.24, 2.45) is 5.41 Å². The predicted octanol–water partition coefficient (Wildman–Crippen LogP) is 3.41. The molecule has 2 aromatic heterocycles. The predicted molar refractivity (Wildman–Crippen MR) is 92.2 cm³/mol. The summed E-state index contributed by atoms with van der Waals surface area (Å²) in [5.41, 5.74) is 0.850. The molecule has 0 saturated heterocycles. The number of carboxylic acid groups (broad SMARTS) is 1. The fourth-order valence-corrected chi connectivity index (χ4v) is 3.40. The van der Waals surface area contributed by atoms with Gasteiger partial charge in [0.1, 0.15) is 5.69 Å². The molecule has 1 fully saturated rings. The first-order chi connectivity index (χ1) is 12.0. The number of carbonyl (C=O) groups is 2. The van der Waals surface area contributed by atoms with E-state index in [9.17, 15) is 14.7 Å². The molecule has 0 atom stereocenters. The Morgan fingerprint density at radius 2 is 2.00 bits per heavy atom. The Balaban J connectivity index is 1.72. The highest BCUT2D eigenvalue weighted by Gasteiger charge is 2.39. The number of nitrogens with one attached hydrogen (secondary N) is 1. The smallest absolute Gasteiger partial charge is 0.311 e. The Labute approximate surface area is 146 Å². The van der Waals surface area contributed by atoms with E-state index in [2.05, 4.69) is 10.3 Å². The average Bonchev–Trinajstić information content (AvgIpc) is 3.15. The molecule has 1 aliphatic carbocycles. The van der Waals surface area contributed by atoms with E-state index in [1.807, 2.05) is 0 Å². The SMILES string of the molecule is Cc1nc(-c2ccco2)ccc1C(=O)NCC1(C(=O)O)CCCCC1. The third-order valence-corrected chi connectivity index (χ3v) is 4.96. The molecule has 2 N–H and O–H groups in total. The first kappa shape index (κ1) is 17.2. The third-order valence-electron chi connectivity index (χ3n) is 4.96. The molecule has 25 heavy (non-hydrogen) atoms. The van der Waals surface area contributed by atoms with Crippen molar-refractivity contribution in [3.63, 3.8) is 0 Å². The Morgan fingerprint density at radius 1 is 1.24 bits per heavy atom. The molecule has 2 heterocycles. The number of rotatable bonds is 5. The van der Waals surface area contributed by atoms with Gasteiger partial charge >= 0.3 is 5.97 Å². The standard InChI is InChI=1S/C19H22N2O4/c1-13-14(7-8-15(21-13)16-6-5-11-25-16)17(22)20-12-19(18(23)24)9-3-2-4-10-19/h5-8,11H,2-4,9-10,12H2,1H3,(H,20,22)(H,23,24). The average molecular weight is 342 g/mol. The second kappa shape index (κ2) is 7.09. The second-order valence-corrected chi connectivity index (χ2v) is 6.64. The Hall–Kier alpha value is -2.63. The lowest BCUT2D eigenvalue weighted by atomic mass is 9.74. The summed E-state index contributed by atoms with van der Waals surface area (Å²) >= 11 is 0. The van der Waals surface area contributed by atoms with Crippen molar-refractivity contribution >= 4 is 11.9 Å². The van der Waals surface area contributed by atoms with Gasteiger partial charge in [-0.2, -0.15) is 0 Å². The van der Waals surface area contributed by atoms with Gasteiger partial charge in [-0.1, -0.05) is 19.3 Å². The minimum absolute atomic E-state index is 0.153. The summed E-state index contributed by atoms with van der Waals surface area (Å²) in [6, 6.07) is 7.02. The van der Waals surface area contributed by atoms with Gasteiger partial charge in [-0.3, -0.25) is 9.59 Å². The molecule has 0 unspecified atom stereocenters. The summed E-state index contributed by atoms with van der Waals surface area (Å²) < 4.78 is 5.31. The van der Waals surface area contributed by atoms with Crippen LogP contribution in [0.4, 0.5) is 0 Å². The van der Waals surface area contributed by atoms with Gasteiger partial charge in [0, 0.05) is 6.54 Å². The van der Waals surface area contributed by atoms with E-state index in [1.165, 1.54) is 0 Å². The fraction of sp³-hybridized carbons (Fsp3) is 0.421. The maximum atomic E-state index is 12.5. The van der Waals surface area contributed by atoms with Crippen LogP contribution < -0.4 is 5.32 Å². The monoisotopic (exact) mass is 342 g/mol. The molecule has 132 valence electrons. The second-order valence-electron chi connectivity index (χ2n) is 6.64. The molecule has 6 nitrogen and oxygen atoms in total. The van der Waals surface area contributed by atoms with Crippen molar-refractivity contribution in [1.82, 2.24) is 10.3 Å². The molecular weight excluding hydrogens is 320 g/mol. The number of nitrogens with zero attached hydrogens (tertiary/aromatic N) is 1. The van der Waals surface area contributed by atoms with Crippen molar-refractivity contribution in [2.45, 2.75) is 39.0 Å². The third kappa shape index (κ3) is 3.57. The van der Waals surface area contributed by atoms with Crippen LogP contribution in [0.5, 0.6) is 0 Å². The van der Waals surface area contributed by atoms with Gasteiger partial charge in [0.05, 0.1) is 22.9 Å². The number of carboxylic acids is 1. The van der Waals surface area contributed by atoms with Gasteiger partial charge in [-0.15, -0.1) is 0 Å². The van der Waals surface area contributed by atoms with Crippen molar-refractivity contribution in [2.75, 3.05) is 6.54 Å². The zero-order chi connectivity index (χ0) is 17.9. The van der Waals surface area contributed by atoms with Crippen molar-refractivity contribution in [1.29, 1.82) is 0 Å². The van der Waals surface area contributed by atoms with Crippen molar-refractivity contribution in [3.8, 4) is 11.5 Å². The van der Waals surface area contributed by atoms with Crippen LogP contribution >= 0.6 is 0 Å². The molecule has 0 radical (unpaired) electrons. The van der Waals surface area contributed by atoms with Crippen LogP contribution in [-0.2, 0) is 4.79 Å².